The molecule has 146 valence electrons. The van der Waals surface area contributed by atoms with Crippen molar-refractivity contribution in [3.05, 3.63) is 24.3 Å². The second-order valence-corrected chi connectivity index (χ2v) is 8.92. The van der Waals surface area contributed by atoms with Crippen molar-refractivity contribution in [2.24, 2.45) is 16.7 Å². The molecule has 1 rings (SSSR count). The summed E-state index contributed by atoms with van der Waals surface area (Å²) in [7, 11) is 0. The molecule has 0 fully saturated rings. The molecule has 1 aromatic rings. The van der Waals surface area contributed by atoms with Gasteiger partial charge in [0, 0.05) is 23.2 Å². The maximum Gasteiger partial charge on any atom is 0.230 e. The maximum absolute atomic E-state index is 12.5. The summed E-state index contributed by atoms with van der Waals surface area (Å²) < 4.78 is 0. The van der Waals surface area contributed by atoms with E-state index in [0.717, 1.165) is 19.3 Å². The lowest BCUT2D eigenvalue weighted by molar-refractivity contribution is -0.125. The van der Waals surface area contributed by atoms with Crippen LogP contribution in [0.2, 0.25) is 0 Å². The zero-order chi connectivity index (χ0) is 20.0. The molecule has 1 unspecified atom stereocenters. The molecule has 26 heavy (non-hydrogen) atoms. The van der Waals surface area contributed by atoms with Crippen LogP contribution in [0, 0.1) is 16.7 Å². The summed E-state index contributed by atoms with van der Waals surface area (Å²) >= 11 is 0. The first-order valence-electron chi connectivity index (χ1n) is 9.70. The second kappa shape index (κ2) is 9.20. The van der Waals surface area contributed by atoms with Crippen LogP contribution in [0.3, 0.4) is 0 Å². The molecule has 0 spiro atoms. The molecule has 2 N–H and O–H groups in total. The number of benzene rings is 1. The Labute approximate surface area is 159 Å². The van der Waals surface area contributed by atoms with E-state index in [9.17, 15) is 9.59 Å². The lowest BCUT2D eigenvalue weighted by atomic mass is 9.83. The van der Waals surface area contributed by atoms with Crippen molar-refractivity contribution in [2.75, 3.05) is 10.6 Å². The maximum atomic E-state index is 12.5. The summed E-state index contributed by atoms with van der Waals surface area (Å²) in [5.41, 5.74) is 1.27. The van der Waals surface area contributed by atoms with E-state index in [1.165, 1.54) is 0 Å². The van der Waals surface area contributed by atoms with Gasteiger partial charge in [-0.05, 0) is 48.8 Å². The number of hydrogen-bond donors (Lipinski definition) is 2. The van der Waals surface area contributed by atoms with Crippen LogP contribution >= 0.6 is 0 Å². The van der Waals surface area contributed by atoms with Gasteiger partial charge in [-0.3, -0.25) is 9.59 Å². The molecule has 0 bridgehead atoms. The quantitative estimate of drug-likeness (QED) is 0.610. The second-order valence-electron chi connectivity index (χ2n) is 8.92. The van der Waals surface area contributed by atoms with E-state index in [2.05, 4.69) is 38.3 Å². The van der Waals surface area contributed by atoms with Crippen molar-refractivity contribution >= 4 is 23.2 Å². The Morgan fingerprint density at radius 1 is 1.00 bits per heavy atom. The molecular weight excluding hydrogens is 324 g/mol. The van der Waals surface area contributed by atoms with Crippen LogP contribution in [0.1, 0.15) is 74.1 Å². The van der Waals surface area contributed by atoms with Gasteiger partial charge < -0.3 is 10.6 Å². The normalized spacial score (nSPS) is 13.2. The van der Waals surface area contributed by atoms with Gasteiger partial charge in [0.05, 0.1) is 0 Å². The smallest absolute Gasteiger partial charge is 0.230 e. The first-order valence-corrected chi connectivity index (χ1v) is 9.70. The van der Waals surface area contributed by atoms with Gasteiger partial charge in [-0.15, -0.1) is 0 Å². The monoisotopic (exact) mass is 360 g/mol. The number of amides is 2. The van der Waals surface area contributed by atoms with Crippen LogP contribution in [0.15, 0.2) is 24.3 Å². The van der Waals surface area contributed by atoms with Crippen molar-refractivity contribution in [3.8, 4) is 0 Å². The summed E-state index contributed by atoms with van der Waals surface area (Å²) in [6.07, 6.45) is 3.08. The van der Waals surface area contributed by atoms with Crippen LogP contribution in [0.25, 0.3) is 0 Å². The molecule has 4 heteroatoms. The number of carbonyl (C=O) groups excluding carboxylic acids is 2. The highest BCUT2D eigenvalue weighted by molar-refractivity contribution is 5.96. The third-order valence-electron chi connectivity index (χ3n) is 5.01. The number of hydrogen-bond acceptors (Lipinski definition) is 2. The van der Waals surface area contributed by atoms with E-state index in [0.29, 0.717) is 23.7 Å². The summed E-state index contributed by atoms with van der Waals surface area (Å²) in [6.45, 7) is 14.7. The van der Waals surface area contributed by atoms with Crippen LogP contribution in [-0.2, 0) is 9.59 Å². The molecular formula is C22H36N2O2. The van der Waals surface area contributed by atoms with Crippen LogP contribution in [0.5, 0.6) is 0 Å². The molecule has 4 nitrogen and oxygen atoms in total. The van der Waals surface area contributed by atoms with E-state index >= 15 is 0 Å². The van der Waals surface area contributed by atoms with Crippen LogP contribution in [-0.4, -0.2) is 11.8 Å². The van der Waals surface area contributed by atoms with Gasteiger partial charge >= 0.3 is 0 Å². The minimum Gasteiger partial charge on any atom is -0.326 e. The molecule has 0 aromatic heterocycles. The minimum atomic E-state index is -0.373. The molecule has 1 aromatic carbocycles. The first kappa shape index (κ1) is 22.2. The lowest BCUT2D eigenvalue weighted by Gasteiger charge is -2.25. The van der Waals surface area contributed by atoms with Crippen molar-refractivity contribution in [1.82, 2.24) is 0 Å². The predicted octanol–water partition coefficient (Wildman–Crippen LogP) is 5.85. The summed E-state index contributed by atoms with van der Waals surface area (Å²) in [4.78, 5) is 24.8. The van der Waals surface area contributed by atoms with Crippen molar-refractivity contribution in [3.63, 3.8) is 0 Å². The highest BCUT2D eigenvalue weighted by atomic mass is 16.2. The van der Waals surface area contributed by atoms with Gasteiger partial charge in [-0.2, -0.15) is 0 Å². The average Bonchev–Trinajstić information content (AvgIpc) is 2.52. The fraction of sp³-hybridized carbons (Fsp3) is 0.636. The van der Waals surface area contributed by atoms with Crippen molar-refractivity contribution in [2.45, 2.75) is 74.1 Å². The topological polar surface area (TPSA) is 58.2 Å². The third kappa shape index (κ3) is 7.19. The van der Waals surface area contributed by atoms with Gasteiger partial charge in [-0.25, -0.2) is 0 Å². The van der Waals surface area contributed by atoms with Gasteiger partial charge in [0.25, 0.3) is 0 Å². The molecule has 0 radical (unpaired) electrons. The van der Waals surface area contributed by atoms with Gasteiger partial charge in [0.15, 0.2) is 0 Å². The van der Waals surface area contributed by atoms with E-state index < -0.39 is 0 Å². The van der Waals surface area contributed by atoms with Crippen LogP contribution < -0.4 is 10.6 Å². The summed E-state index contributed by atoms with van der Waals surface area (Å²) in [5.74, 6) is 0.356. The van der Waals surface area contributed by atoms with Crippen molar-refractivity contribution in [1.29, 1.82) is 0 Å². The van der Waals surface area contributed by atoms with E-state index in [-0.39, 0.29) is 22.6 Å². The minimum absolute atomic E-state index is 0.0113. The number of rotatable bonds is 8. The Balaban J connectivity index is 2.69. The highest BCUT2D eigenvalue weighted by Crippen LogP contribution is 2.28. The Morgan fingerprint density at radius 3 is 2.04 bits per heavy atom. The average molecular weight is 361 g/mol. The predicted molar refractivity (Wildman–Crippen MR) is 110 cm³/mol. The molecule has 0 aliphatic heterocycles. The lowest BCUT2D eigenvalue weighted by Crippen LogP contribution is -2.32. The number of carbonyl (C=O) groups is 2. The third-order valence-corrected chi connectivity index (χ3v) is 5.01. The summed E-state index contributed by atoms with van der Waals surface area (Å²) in [5, 5.41) is 5.93. The zero-order valence-electron chi connectivity index (χ0n) is 17.5. The highest BCUT2D eigenvalue weighted by Gasteiger charge is 2.29. The fourth-order valence-electron chi connectivity index (χ4n) is 3.17. The standard InChI is InChI=1S/C22H36N2O2/c1-8-22(7,9-2)20(26)24-18-12-10-11-17(14-18)23-19(25)13-16(3)15-21(4,5)6/h10-12,14,16H,8-9,13,15H2,1-7H3,(H,23,25)(H,24,26). The molecule has 1 atom stereocenters. The van der Waals surface area contributed by atoms with E-state index in [1.54, 1.807) is 0 Å². The molecule has 0 heterocycles. The Hall–Kier alpha value is -1.84. The first-order chi connectivity index (χ1) is 12.0. The van der Waals surface area contributed by atoms with Gasteiger partial charge in [0.1, 0.15) is 0 Å². The molecule has 0 aliphatic rings. The van der Waals surface area contributed by atoms with Crippen LogP contribution in [0.4, 0.5) is 11.4 Å². The molecule has 2 amide bonds. The zero-order valence-corrected chi connectivity index (χ0v) is 17.5. The largest absolute Gasteiger partial charge is 0.326 e. The number of nitrogens with one attached hydrogen (secondary N) is 2. The Kier molecular flexibility index (Phi) is 7.86. The van der Waals surface area contributed by atoms with E-state index in [1.807, 2.05) is 45.0 Å². The van der Waals surface area contributed by atoms with Crippen molar-refractivity contribution < 1.29 is 9.59 Å². The fourth-order valence-corrected chi connectivity index (χ4v) is 3.17. The SMILES string of the molecule is CCC(C)(CC)C(=O)Nc1cccc(NC(=O)CC(C)CC(C)(C)C)c1. The summed E-state index contributed by atoms with van der Waals surface area (Å²) in [6, 6.07) is 7.36. The van der Waals surface area contributed by atoms with Gasteiger partial charge in [0.2, 0.25) is 11.8 Å². The number of anilines is 2. The molecule has 0 saturated heterocycles. The Morgan fingerprint density at radius 2 is 1.54 bits per heavy atom. The van der Waals surface area contributed by atoms with Gasteiger partial charge in [-0.1, -0.05) is 54.5 Å². The molecule has 0 aliphatic carbocycles. The molecule has 0 saturated carbocycles. The Bertz CT molecular complexity index is 613. The van der Waals surface area contributed by atoms with E-state index in [4.69, 9.17) is 0 Å².